The molecule has 0 atom stereocenters. The van der Waals surface area contributed by atoms with E-state index in [1.165, 1.54) is 18.6 Å². The Labute approximate surface area is 66.3 Å². The molecule has 0 unspecified atom stereocenters. The van der Waals surface area contributed by atoms with Crippen molar-refractivity contribution in [1.29, 1.82) is 0 Å². The second-order valence-electron chi connectivity index (χ2n) is 2.01. The summed E-state index contributed by atoms with van der Waals surface area (Å²) in [6, 6.07) is 0. The van der Waals surface area contributed by atoms with E-state index in [1.807, 2.05) is 0 Å². The summed E-state index contributed by atoms with van der Waals surface area (Å²) in [5.74, 6) is -0.455. The van der Waals surface area contributed by atoms with Gasteiger partial charge in [0.15, 0.2) is 0 Å². The number of aromatic amines is 1. The van der Waals surface area contributed by atoms with E-state index in [-0.39, 0.29) is 5.89 Å². The number of hydrogen-bond donors (Lipinski definition) is 1. The number of nitrogens with zero attached hydrogens (tertiary/aromatic N) is 3. The summed E-state index contributed by atoms with van der Waals surface area (Å²) >= 11 is 0. The van der Waals surface area contributed by atoms with Crippen LogP contribution in [0.1, 0.15) is 0 Å². The third kappa shape index (κ3) is 1.09. The molecule has 60 valence electrons. The second-order valence-corrected chi connectivity index (χ2v) is 2.01. The van der Waals surface area contributed by atoms with Crippen molar-refractivity contribution in [2.45, 2.75) is 0 Å². The van der Waals surface area contributed by atoms with E-state index in [0.29, 0.717) is 5.69 Å². The van der Waals surface area contributed by atoms with Gasteiger partial charge in [-0.1, -0.05) is 0 Å². The number of aromatic nitrogens is 4. The van der Waals surface area contributed by atoms with Gasteiger partial charge in [-0.25, -0.2) is 14.9 Å². The number of H-pyrrole nitrogens is 1. The van der Waals surface area contributed by atoms with Gasteiger partial charge in [-0.2, -0.15) is 0 Å². The van der Waals surface area contributed by atoms with Gasteiger partial charge in [-0.05, 0) is 0 Å². The summed E-state index contributed by atoms with van der Waals surface area (Å²) in [5, 5.41) is 5.71. The van der Waals surface area contributed by atoms with Crippen LogP contribution in [0.4, 0.5) is 0 Å². The van der Waals surface area contributed by atoms with Crippen molar-refractivity contribution in [1.82, 2.24) is 20.2 Å². The Hall–Kier alpha value is -1.98. The molecule has 12 heavy (non-hydrogen) atoms. The molecule has 2 aromatic rings. The molecule has 0 bridgehead atoms. The molecule has 0 saturated carbocycles. The Balaban J connectivity index is 2.51. The van der Waals surface area contributed by atoms with Crippen LogP contribution in [-0.2, 0) is 0 Å². The predicted octanol–water partition coefficient (Wildman–Crippen LogP) is -0.180. The number of nitrogens with one attached hydrogen (secondary N) is 1. The Bertz CT molecular complexity index is 418. The smallest absolute Gasteiger partial charge is 0.386 e. The van der Waals surface area contributed by atoms with E-state index in [9.17, 15) is 4.79 Å². The summed E-state index contributed by atoms with van der Waals surface area (Å²) in [7, 11) is 0. The molecule has 0 aliphatic rings. The minimum absolute atomic E-state index is 0.146. The highest BCUT2D eigenvalue weighted by Crippen LogP contribution is 2.07. The summed E-state index contributed by atoms with van der Waals surface area (Å²) in [6.07, 6.45) is 4.47. The molecular formula is C6H4N4O2. The molecule has 6 nitrogen and oxygen atoms in total. The molecule has 0 fully saturated rings. The van der Waals surface area contributed by atoms with Gasteiger partial charge in [0.2, 0.25) is 0 Å². The van der Waals surface area contributed by atoms with Gasteiger partial charge >= 0.3 is 5.76 Å². The van der Waals surface area contributed by atoms with Crippen LogP contribution in [0.5, 0.6) is 0 Å². The normalized spacial score (nSPS) is 10.0. The van der Waals surface area contributed by atoms with E-state index in [4.69, 9.17) is 0 Å². The molecule has 2 aromatic heterocycles. The van der Waals surface area contributed by atoms with Crippen molar-refractivity contribution < 1.29 is 4.42 Å². The average molecular weight is 164 g/mol. The lowest BCUT2D eigenvalue weighted by Crippen LogP contribution is -1.93. The minimum Gasteiger partial charge on any atom is -0.386 e. The molecule has 0 saturated heterocycles. The van der Waals surface area contributed by atoms with Crippen LogP contribution in [0.25, 0.3) is 11.6 Å². The van der Waals surface area contributed by atoms with Gasteiger partial charge in [-0.15, -0.1) is 5.10 Å². The van der Waals surface area contributed by atoms with Crippen molar-refractivity contribution in [2.75, 3.05) is 0 Å². The van der Waals surface area contributed by atoms with Crippen molar-refractivity contribution in [3.05, 3.63) is 29.1 Å². The fourth-order valence-electron chi connectivity index (χ4n) is 0.749. The lowest BCUT2D eigenvalue weighted by atomic mass is 10.4. The Morgan fingerprint density at radius 1 is 1.42 bits per heavy atom. The molecule has 1 N–H and O–H groups in total. The van der Waals surface area contributed by atoms with Gasteiger partial charge in [-0.3, -0.25) is 4.98 Å². The zero-order valence-corrected chi connectivity index (χ0v) is 5.89. The van der Waals surface area contributed by atoms with E-state index >= 15 is 0 Å². The zero-order chi connectivity index (χ0) is 8.39. The molecule has 0 aromatic carbocycles. The summed E-state index contributed by atoms with van der Waals surface area (Å²) in [4.78, 5) is 18.2. The van der Waals surface area contributed by atoms with Crippen molar-refractivity contribution in [3.8, 4) is 11.6 Å². The Morgan fingerprint density at radius 3 is 2.92 bits per heavy atom. The standard InChI is InChI=1S/C6H4N4O2/c11-6-10-9-5(12-6)4-3-7-1-2-8-4/h1-3H,(H,10,11). The first-order chi connectivity index (χ1) is 5.86. The van der Waals surface area contributed by atoms with Crippen molar-refractivity contribution >= 4 is 0 Å². The molecule has 0 spiro atoms. The highest BCUT2D eigenvalue weighted by molar-refractivity contribution is 5.42. The topological polar surface area (TPSA) is 84.7 Å². The quantitative estimate of drug-likeness (QED) is 0.631. The Morgan fingerprint density at radius 2 is 2.33 bits per heavy atom. The van der Waals surface area contributed by atoms with E-state index in [2.05, 4.69) is 24.6 Å². The zero-order valence-electron chi connectivity index (χ0n) is 5.89. The third-order valence-corrected chi connectivity index (χ3v) is 1.22. The van der Waals surface area contributed by atoms with E-state index in [0.717, 1.165) is 0 Å². The van der Waals surface area contributed by atoms with Crippen LogP contribution in [0.3, 0.4) is 0 Å². The molecule has 0 aliphatic heterocycles. The summed E-state index contributed by atoms with van der Waals surface area (Å²) < 4.78 is 4.64. The highest BCUT2D eigenvalue weighted by atomic mass is 16.4. The van der Waals surface area contributed by atoms with Crippen molar-refractivity contribution in [2.24, 2.45) is 0 Å². The third-order valence-electron chi connectivity index (χ3n) is 1.22. The molecule has 2 rings (SSSR count). The fourth-order valence-corrected chi connectivity index (χ4v) is 0.749. The first-order valence-corrected chi connectivity index (χ1v) is 3.18. The lowest BCUT2D eigenvalue weighted by Gasteiger charge is -1.88. The molecule has 0 amide bonds. The monoisotopic (exact) mass is 164 g/mol. The SMILES string of the molecule is O=c1[nH]nc(-c2cnccn2)o1. The molecule has 6 heteroatoms. The fraction of sp³-hybridized carbons (Fsp3) is 0. The largest absolute Gasteiger partial charge is 0.434 e. The average Bonchev–Trinajstić information content (AvgIpc) is 2.54. The van der Waals surface area contributed by atoms with E-state index < -0.39 is 5.76 Å². The van der Waals surface area contributed by atoms with Crippen LogP contribution in [-0.4, -0.2) is 20.2 Å². The van der Waals surface area contributed by atoms with Gasteiger partial charge in [0.05, 0.1) is 6.20 Å². The molecule has 0 aliphatic carbocycles. The highest BCUT2D eigenvalue weighted by Gasteiger charge is 2.04. The van der Waals surface area contributed by atoms with Crippen LogP contribution < -0.4 is 5.76 Å². The van der Waals surface area contributed by atoms with Crippen LogP contribution >= 0.6 is 0 Å². The van der Waals surface area contributed by atoms with E-state index in [1.54, 1.807) is 0 Å². The number of hydrogen-bond acceptors (Lipinski definition) is 5. The maximum atomic E-state index is 10.5. The summed E-state index contributed by atoms with van der Waals surface area (Å²) in [6.45, 7) is 0. The summed E-state index contributed by atoms with van der Waals surface area (Å²) in [5.41, 5.74) is 0.427. The first kappa shape index (κ1) is 6.71. The van der Waals surface area contributed by atoms with Gasteiger partial charge in [0.25, 0.3) is 5.89 Å². The predicted molar refractivity (Wildman–Crippen MR) is 38.1 cm³/mol. The van der Waals surface area contributed by atoms with Gasteiger partial charge < -0.3 is 4.42 Å². The number of rotatable bonds is 1. The molecular weight excluding hydrogens is 160 g/mol. The first-order valence-electron chi connectivity index (χ1n) is 3.18. The molecule has 0 radical (unpaired) electrons. The van der Waals surface area contributed by atoms with Crippen LogP contribution in [0.2, 0.25) is 0 Å². The van der Waals surface area contributed by atoms with Gasteiger partial charge in [0.1, 0.15) is 5.69 Å². The maximum Gasteiger partial charge on any atom is 0.434 e. The van der Waals surface area contributed by atoms with Gasteiger partial charge in [0, 0.05) is 12.4 Å². The minimum atomic E-state index is -0.601. The van der Waals surface area contributed by atoms with Crippen LogP contribution in [0.15, 0.2) is 27.8 Å². The van der Waals surface area contributed by atoms with Crippen LogP contribution in [0, 0.1) is 0 Å². The molecule has 2 heterocycles. The Kier molecular flexibility index (Phi) is 1.44. The lowest BCUT2D eigenvalue weighted by molar-refractivity contribution is 0.525. The maximum absolute atomic E-state index is 10.5. The second kappa shape index (κ2) is 2.57. The van der Waals surface area contributed by atoms with Crippen molar-refractivity contribution in [3.63, 3.8) is 0 Å².